The molecule has 1 fully saturated rings. The molecule has 1 aromatic carbocycles. The van der Waals surface area contributed by atoms with Crippen molar-refractivity contribution in [1.82, 2.24) is 4.31 Å². The van der Waals surface area contributed by atoms with Gasteiger partial charge < -0.3 is 0 Å². The Balaban J connectivity index is 2.15. The quantitative estimate of drug-likeness (QED) is 0.698. The Kier molecular flexibility index (Phi) is 4.30. The molecule has 0 bridgehead atoms. The first kappa shape index (κ1) is 13.5. The van der Waals surface area contributed by atoms with Gasteiger partial charge in [-0.05, 0) is 56.3 Å². The second kappa shape index (κ2) is 5.40. The number of hydrogen-bond donors (Lipinski definition) is 0. The highest BCUT2D eigenvalue weighted by atomic mass is 35.5. The van der Waals surface area contributed by atoms with Gasteiger partial charge in [-0.15, -0.1) is 0 Å². The Bertz CT molecular complexity index is 390. The molecule has 0 amide bonds. The molecule has 1 atom stereocenters. The molecule has 4 heteroatoms. The van der Waals surface area contributed by atoms with Gasteiger partial charge in [0.1, 0.15) is 0 Å². The number of nitrogens with zero attached hydrogens (tertiary/aromatic N) is 1. The van der Waals surface area contributed by atoms with Crippen molar-refractivity contribution >= 4 is 35.1 Å². The van der Waals surface area contributed by atoms with Crippen molar-refractivity contribution < 1.29 is 0 Å². The minimum Gasteiger partial charge on any atom is -0.241 e. The molecule has 0 radical (unpaired) electrons. The van der Waals surface area contributed by atoms with Crippen LogP contribution in [0.25, 0.3) is 0 Å². The monoisotopic (exact) mass is 289 g/mol. The Morgan fingerprint density at radius 2 is 1.94 bits per heavy atom. The van der Waals surface area contributed by atoms with E-state index in [1.54, 1.807) is 18.0 Å². The fraction of sp³-hybridized carbons (Fsp3) is 0.538. The molecule has 1 aromatic rings. The molecule has 0 N–H and O–H groups in total. The molecule has 0 aromatic heterocycles. The summed E-state index contributed by atoms with van der Waals surface area (Å²) >= 11 is 13.8. The van der Waals surface area contributed by atoms with E-state index in [0.29, 0.717) is 15.6 Å². The summed E-state index contributed by atoms with van der Waals surface area (Å²) in [6.07, 6.45) is 3.71. The van der Waals surface area contributed by atoms with E-state index in [-0.39, 0.29) is 0 Å². The molecule has 1 saturated heterocycles. The first-order chi connectivity index (χ1) is 8.03. The minimum absolute atomic E-state index is 0.305. The van der Waals surface area contributed by atoms with Crippen LogP contribution >= 0.6 is 35.1 Å². The highest BCUT2D eigenvalue weighted by Crippen LogP contribution is 2.41. The van der Waals surface area contributed by atoms with Crippen LogP contribution in [0, 0.1) is 0 Å². The zero-order chi connectivity index (χ0) is 12.5. The predicted octanol–water partition coefficient (Wildman–Crippen LogP) is 5.27. The van der Waals surface area contributed by atoms with Crippen molar-refractivity contribution in [3.63, 3.8) is 0 Å². The fourth-order valence-corrected chi connectivity index (χ4v) is 4.15. The standard InChI is InChI=1S/C13H17Cl2NS/c1-3-13(2)5-4-6-16(13)17-12-8-10(14)7-11(15)9-12/h7-9H,3-6H2,1-2H3/t13-/m0/s1. The third kappa shape index (κ3) is 3.11. The molecule has 1 heterocycles. The van der Waals surface area contributed by atoms with E-state index in [0.717, 1.165) is 11.4 Å². The molecular weight excluding hydrogens is 273 g/mol. The molecule has 0 aliphatic carbocycles. The molecule has 1 nitrogen and oxygen atoms in total. The van der Waals surface area contributed by atoms with Crippen molar-refractivity contribution in [2.45, 2.75) is 43.5 Å². The van der Waals surface area contributed by atoms with Crippen LogP contribution in [0.3, 0.4) is 0 Å². The lowest BCUT2D eigenvalue weighted by atomic mass is 9.97. The van der Waals surface area contributed by atoms with Crippen LogP contribution in [0.4, 0.5) is 0 Å². The van der Waals surface area contributed by atoms with Crippen molar-refractivity contribution in [3.8, 4) is 0 Å². The first-order valence-electron chi connectivity index (χ1n) is 5.95. The van der Waals surface area contributed by atoms with Gasteiger partial charge in [0.25, 0.3) is 0 Å². The molecule has 2 rings (SSSR count). The molecule has 1 aliphatic heterocycles. The number of hydrogen-bond acceptors (Lipinski definition) is 2. The average Bonchev–Trinajstić information content (AvgIpc) is 2.60. The summed E-state index contributed by atoms with van der Waals surface area (Å²) in [7, 11) is 0. The number of rotatable bonds is 3. The van der Waals surface area contributed by atoms with Crippen molar-refractivity contribution in [2.75, 3.05) is 6.54 Å². The van der Waals surface area contributed by atoms with Crippen LogP contribution in [0.5, 0.6) is 0 Å². The summed E-state index contributed by atoms with van der Waals surface area (Å²) in [6, 6.07) is 5.73. The summed E-state index contributed by atoms with van der Waals surface area (Å²) < 4.78 is 2.47. The van der Waals surface area contributed by atoms with Gasteiger partial charge >= 0.3 is 0 Å². The molecule has 17 heavy (non-hydrogen) atoms. The largest absolute Gasteiger partial charge is 0.241 e. The van der Waals surface area contributed by atoms with Gasteiger partial charge in [0, 0.05) is 27.0 Å². The number of benzene rings is 1. The molecule has 0 unspecified atom stereocenters. The van der Waals surface area contributed by atoms with Crippen LogP contribution in [0.15, 0.2) is 23.1 Å². The summed E-state index contributed by atoms with van der Waals surface area (Å²) in [5.74, 6) is 0. The second-order valence-electron chi connectivity index (χ2n) is 4.75. The zero-order valence-corrected chi connectivity index (χ0v) is 12.5. The van der Waals surface area contributed by atoms with Gasteiger partial charge in [0.15, 0.2) is 0 Å². The lowest BCUT2D eigenvalue weighted by Gasteiger charge is -2.33. The fourth-order valence-electron chi connectivity index (χ4n) is 2.22. The van der Waals surface area contributed by atoms with Crippen LogP contribution in [0.2, 0.25) is 10.0 Å². The molecule has 0 saturated carbocycles. The van der Waals surface area contributed by atoms with Crippen molar-refractivity contribution in [1.29, 1.82) is 0 Å². The minimum atomic E-state index is 0.305. The maximum atomic E-state index is 6.02. The summed E-state index contributed by atoms with van der Waals surface area (Å²) in [6.45, 7) is 5.72. The van der Waals surface area contributed by atoms with Crippen LogP contribution in [-0.4, -0.2) is 16.4 Å². The maximum Gasteiger partial charge on any atom is 0.0432 e. The molecule has 0 spiro atoms. The smallest absolute Gasteiger partial charge is 0.0432 e. The molecular formula is C13H17Cl2NS. The third-order valence-corrected chi connectivity index (χ3v) is 5.22. The average molecular weight is 290 g/mol. The van der Waals surface area contributed by atoms with Crippen LogP contribution in [-0.2, 0) is 0 Å². The van der Waals surface area contributed by atoms with Crippen LogP contribution < -0.4 is 0 Å². The van der Waals surface area contributed by atoms with Gasteiger partial charge in [0.2, 0.25) is 0 Å². The SMILES string of the molecule is CC[C@@]1(C)CCCN1Sc1cc(Cl)cc(Cl)c1. The number of halogens is 2. The van der Waals surface area contributed by atoms with Gasteiger partial charge in [-0.2, -0.15) is 0 Å². The normalized spacial score (nSPS) is 25.4. The van der Waals surface area contributed by atoms with Crippen LogP contribution in [0.1, 0.15) is 33.1 Å². The third-order valence-electron chi connectivity index (χ3n) is 3.49. The lowest BCUT2D eigenvalue weighted by molar-refractivity contribution is 0.279. The lowest BCUT2D eigenvalue weighted by Crippen LogP contribution is -2.35. The molecule has 94 valence electrons. The van der Waals surface area contributed by atoms with E-state index in [4.69, 9.17) is 23.2 Å². The Hall–Kier alpha value is 0.110. The van der Waals surface area contributed by atoms with Gasteiger partial charge in [-0.1, -0.05) is 30.1 Å². The Morgan fingerprint density at radius 3 is 2.53 bits per heavy atom. The van der Waals surface area contributed by atoms with E-state index in [2.05, 4.69) is 18.2 Å². The summed E-state index contributed by atoms with van der Waals surface area (Å²) in [5, 5.41) is 1.41. The predicted molar refractivity (Wildman–Crippen MR) is 77.0 cm³/mol. The van der Waals surface area contributed by atoms with E-state index < -0.39 is 0 Å². The summed E-state index contributed by atoms with van der Waals surface area (Å²) in [4.78, 5) is 1.13. The van der Waals surface area contributed by atoms with E-state index in [1.165, 1.54) is 19.3 Å². The Morgan fingerprint density at radius 1 is 1.29 bits per heavy atom. The maximum absolute atomic E-state index is 6.02. The van der Waals surface area contributed by atoms with Crippen molar-refractivity contribution in [2.24, 2.45) is 0 Å². The summed E-state index contributed by atoms with van der Waals surface area (Å²) in [5.41, 5.74) is 0.305. The highest BCUT2D eigenvalue weighted by Gasteiger charge is 2.35. The van der Waals surface area contributed by atoms with E-state index in [9.17, 15) is 0 Å². The van der Waals surface area contributed by atoms with Gasteiger partial charge in [-0.3, -0.25) is 0 Å². The Labute approximate surface area is 118 Å². The van der Waals surface area contributed by atoms with Gasteiger partial charge in [0.05, 0.1) is 0 Å². The van der Waals surface area contributed by atoms with Gasteiger partial charge in [-0.25, -0.2) is 4.31 Å². The highest BCUT2D eigenvalue weighted by molar-refractivity contribution is 7.97. The molecule has 1 aliphatic rings. The first-order valence-corrected chi connectivity index (χ1v) is 7.48. The van der Waals surface area contributed by atoms with Crippen molar-refractivity contribution in [3.05, 3.63) is 28.2 Å². The zero-order valence-electron chi connectivity index (χ0n) is 10.2. The van der Waals surface area contributed by atoms with E-state index in [1.807, 2.05) is 12.1 Å². The topological polar surface area (TPSA) is 3.24 Å². The second-order valence-corrected chi connectivity index (χ2v) is 6.72. The van der Waals surface area contributed by atoms with E-state index >= 15 is 0 Å².